The molecule has 0 N–H and O–H groups in total. The summed E-state index contributed by atoms with van der Waals surface area (Å²) >= 11 is 0. The minimum atomic E-state index is 0.486. The van der Waals surface area contributed by atoms with Crippen molar-refractivity contribution in [2.24, 2.45) is 0 Å². The van der Waals surface area contributed by atoms with Crippen LogP contribution in [0.25, 0.3) is 54.9 Å². The number of hydrogen-bond donors (Lipinski definition) is 0. The van der Waals surface area contributed by atoms with Gasteiger partial charge in [-0.05, 0) is 111 Å². The summed E-state index contributed by atoms with van der Waals surface area (Å²) in [4.78, 5) is 0. The van der Waals surface area contributed by atoms with Crippen LogP contribution in [0.2, 0.25) is 0 Å². The molecule has 0 nitrogen and oxygen atoms in total. The zero-order valence-corrected chi connectivity index (χ0v) is 36.2. The molecule has 0 heterocycles. The van der Waals surface area contributed by atoms with E-state index < -0.39 is 0 Å². The highest BCUT2D eigenvalue weighted by molar-refractivity contribution is 6.03. The Morgan fingerprint density at radius 3 is 1.56 bits per heavy atom. The van der Waals surface area contributed by atoms with Gasteiger partial charge in [0, 0.05) is 0 Å². The second-order valence-corrected chi connectivity index (χ2v) is 14.2. The van der Waals surface area contributed by atoms with Crippen LogP contribution in [0.3, 0.4) is 0 Å². The number of rotatable bonds is 6. The van der Waals surface area contributed by atoms with Gasteiger partial charge in [-0.2, -0.15) is 0 Å². The van der Waals surface area contributed by atoms with E-state index in [1.807, 2.05) is 33.8 Å². The van der Waals surface area contributed by atoms with Crippen LogP contribution in [-0.4, -0.2) is 0 Å². The van der Waals surface area contributed by atoms with E-state index in [0.29, 0.717) is 5.92 Å². The zero-order chi connectivity index (χ0) is 41.2. The molecule has 0 aliphatic rings. The van der Waals surface area contributed by atoms with Crippen LogP contribution in [0.15, 0.2) is 176 Å². The fourth-order valence-corrected chi connectivity index (χ4v) is 7.04. The van der Waals surface area contributed by atoms with Gasteiger partial charge < -0.3 is 0 Å². The molecule has 0 aliphatic carbocycles. The Bertz CT molecular complexity index is 2380. The van der Waals surface area contributed by atoms with Crippen LogP contribution in [0.4, 0.5) is 0 Å². The van der Waals surface area contributed by atoms with Crippen molar-refractivity contribution in [3.63, 3.8) is 0 Å². The number of fused-ring (bicyclic) bond motifs is 2. The summed E-state index contributed by atoms with van der Waals surface area (Å²) in [5, 5.41) is 5.27. The molecular formula is C57H64. The lowest BCUT2D eigenvalue weighted by atomic mass is 9.81. The lowest BCUT2D eigenvalue weighted by molar-refractivity contribution is 0.735. The summed E-state index contributed by atoms with van der Waals surface area (Å²) in [5.41, 5.74) is 14.6. The third-order valence-electron chi connectivity index (χ3n) is 10.4. The predicted octanol–water partition coefficient (Wildman–Crippen LogP) is 17.4. The van der Waals surface area contributed by atoms with Gasteiger partial charge in [-0.1, -0.05) is 236 Å². The van der Waals surface area contributed by atoms with E-state index in [1.54, 1.807) is 0 Å². The lowest BCUT2D eigenvalue weighted by Gasteiger charge is -2.22. The largest absolute Gasteiger partial charge is 0.0683 e. The van der Waals surface area contributed by atoms with Crippen LogP contribution in [0, 0.1) is 20.8 Å². The molecule has 0 radical (unpaired) electrons. The van der Waals surface area contributed by atoms with E-state index in [-0.39, 0.29) is 0 Å². The van der Waals surface area contributed by atoms with Gasteiger partial charge in [-0.25, -0.2) is 0 Å². The fourth-order valence-electron chi connectivity index (χ4n) is 7.04. The molecule has 0 aromatic heterocycles. The molecular weight excluding hydrogens is 685 g/mol. The lowest BCUT2D eigenvalue weighted by Crippen LogP contribution is -2.00. The van der Waals surface area contributed by atoms with Gasteiger partial charge in [0.15, 0.2) is 0 Å². The third kappa shape index (κ3) is 11.7. The van der Waals surface area contributed by atoms with Gasteiger partial charge in [-0.15, -0.1) is 0 Å². The van der Waals surface area contributed by atoms with Crippen molar-refractivity contribution in [2.75, 3.05) is 0 Å². The van der Waals surface area contributed by atoms with Crippen molar-refractivity contribution < 1.29 is 0 Å². The second-order valence-electron chi connectivity index (χ2n) is 14.2. The molecule has 0 fully saturated rings. The molecule has 0 amide bonds. The molecule has 0 saturated carbocycles. The molecule has 1 unspecified atom stereocenters. The topological polar surface area (TPSA) is 0 Å². The van der Waals surface area contributed by atoms with E-state index in [9.17, 15) is 0 Å². The average Bonchev–Trinajstić information content (AvgIpc) is 3.28. The molecule has 1 atom stereocenters. The highest BCUT2D eigenvalue weighted by Gasteiger charge is 2.19. The molecule has 0 bridgehead atoms. The SMILES string of the molecule is CC.CC.CCC(C)c1cccc(-c2ccc(-c3ccc(C)cc3)cc2)c1-c1c(C)ccc2ccccc12.CCc1ccccc1.Cc1ccc2ccccc2c1. The number of aryl methyl sites for hydroxylation is 4. The first-order chi connectivity index (χ1) is 27.9. The van der Waals surface area contributed by atoms with Gasteiger partial charge in [0.1, 0.15) is 0 Å². The van der Waals surface area contributed by atoms with E-state index in [2.05, 4.69) is 211 Å². The van der Waals surface area contributed by atoms with Crippen LogP contribution >= 0.6 is 0 Å². The van der Waals surface area contributed by atoms with Crippen molar-refractivity contribution in [1.82, 2.24) is 0 Å². The monoisotopic (exact) mass is 749 g/mol. The van der Waals surface area contributed by atoms with E-state index in [0.717, 1.165) is 12.8 Å². The van der Waals surface area contributed by atoms with Gasteiger partial charge in [0.25, 0.3) is 0 Å². The van der Waals surface area contributed by atoms with Crippen molar-refractivity contribution in [1.29, 1.82) is 0 Å². The van der Waals surface area contributed by atoms with E-state index >= 15 is 0 Å². The summed E-state index contributed by atoms with van der Waals surface area (Å²) < 4.78 is 0. The zero-order valence-electron chi connectivity index (χ0n) is 36.2. The first kappa shape index (κ1) is 44.0. The normalized spacial score (nSPS) is 10.7. The minimum Gasteiger partial charge on any atom is -0.0683 e. The Balaban J connectivity index is 0.000000254. The van der Waals surface area contributed by atoms with Crippen LogP contribution in [-0.2, 0) is 6.42 Å². The Kier molecular flexibility index (Phi) is 17.6. The van der Waals surface area contributed by atoms with Gasteiger partial charge >= 0.3 is 0 Å². The third-order valence-corrected chi connectivity index (χ3v) is 10.4. The average molecular weight is 749 g/mol. The summed E-state index contributed by atoms with van der Waals surface area (Å²) in [6.07, 6.45) is 2.26. The Labute approximate surface area is 345 Å². The Morgan fingerprint density at radius 1 is 0.421 bits per heavy atom. The molecule has 8 aromatic carbocycles. The molecule has 0 spiro atoms. The highest BCUT2D eigenvalue weighted by atomic mass is 14.2. The molecule has 0 saturated heterocycles. The Morgan fingerprint density at radius 2 is 0.947 bits per heavy atom. The fraction of sp³-hybridized carbons (Fsp3) is 0.228. The maximum atomic E-state index is 2.35. The molecule has 8 aromatic rings. The van der Waals surface area contributed by atoms with Crippen molar-refractivity contribution in [3.8, 4) is 33.4 Å². The summed E-state index contributed by atoms with van der Waals surface area (Å²) in [5.74, 6) is 0.486. The van der Waals surface area contributed by atoms with Crippen LogP contribution < -0.4 is 0 Å². The maximum absolute atomic E-state index is 2.35. The molecule has 0 aliphatic heterocycles. The standard InChI is InChI=1S/C34H32.C11H10.C8H10.2C2H6/c1-5-24(3)30-11-8-12-32(29-21-19-27(20-22-29)26-16-13-23(2)14-17-26)34(30)33-25(4)15-18-28-9-6-7-10-31(28)33;1-9-6-7-10-4-2-3-5-11(10)8-9;1-2-8-6-4-3-5-7-8;2*1-2/h6-22,24H,5H2,1-4H3;2-8H,1H3;3-7H,2H2,1H3;2*1-2H3. The first-order valence-corrected chi connectivity index (χ1v) is 21.1. The molecule has 0 heteroatoms. The van der Waals surface area contributed by atoms with E-state index in [4.69, 9.17) is 0 Å². The maximum Gasteiger partial charge on any atom is -0.00617 e. The van der Waals surface area contributed by atoms with Crippen molar-refractivity contribution in [2.45, 2.75) is 88.0 Å². The summed E-state index contributed by atoms with van der Waals surface area (Å²) in [6, 6.07) is 63.4. The second kappa shape index (κ2) is 22.7. The molecule has 57 heavy (non-hydrogen) atoms. The van der Waals surface area contributed by atoms with Gasteiger partial charge in [0.2, 0.25) is 0 Å². The quantitative estimate of drug-likeness (QED) is 0.159. The minimum absolute atomic E-state index is 0.486. The van der Waals surface area contributed by atoms with Crippen LogP contribution in [0.5, 0.6) is 0 Å². The number of benzene rings is 8. The van der Waals surface area contributed by atoms with Crippen LogP contribution in [0.1, 0.15) is 88.6 Å². The summed E-state index contributed by atoms with van der Waals surface area (Å²) in [7, 11) is 0. The predicted molar refractivity (Wildman–Crippen MR) is 256 cm³/mol. The van der Waals surface area contributed by atoms with Crippen molar-refractivity contribution in [3.05, 3.63) is 204 Å². The molecule has 292 valence electrons. The van der Waals surface area contributed by atoms with Gasteiger partial charge in [0.05, 0.1) is 0 Å². The van der Waals surface area contributed by atoms with Gasteiger partial charge in [-0.3, -0.25) is 0 Å². The summed E-state index contributed by atoms with van der Waals surface area (Å²) in [6.45, 7) is 21.3. The molecule has 8 rings (SSSR count). The highest BCUT2D eigenvalue weighted by Crippen LogP contribution is 2.43. The number of hydrogen-bond acceptors (Lipinski definition) is 0. The van der Waals surface area contributed by atoms with Crippen molar-refractivity contribution >= 4 is 21.5 Å². The first-order valence-electron chi connectivity index (χ1n) is 21.1. The Hall–Kier alpha value is -5.72. The van der Waals surface area contributed by atoms with E-state index in [1.165, 1.54) is 82.7 Å². The smallest absolute Gasteiger partial charge is 0.00617 e.